The van der Waals surface area contributed by atoms with Crippen LogP contribution < -0.4 is 10.3 Å². The lowest BCUT2D eigenvalue weighted by Gasteiger charge is -2.22. The molecule has 36 heavy (non-hydrogen) atoms. The zero-order valence-electron chi connectivity index (χ0n) is 19.5. The predicted octanol–water partition coefficient (Wildman–Crippen LogP) is 5.78. The van der Waals surface area contributed by atoms with Crippen LogP contribution in [0.25, 0.3) is 28.1 Å². The fourth-order valence-electron chi connectivity index (χ4n) is 3.12. The van der Waals surface area contributed by atoms with Crippen molar-refractivity contribution in [3.63, 3.8) is 0 Å². The predicted molar refractivity (Wildman–Crippen MR) is 128 cm³/mol. The quantitative estimate of drug-likeness (QED) is 0.252. The number of aromatic amines is 1. The third-order valence-corrected chi connectivity index (χ3v) is 4.97. The highest BCUT2D eigenvalue weighted by molar-refractivity contribution is 6.33. The molecule has 0 spiro atoms. The molecular formula is C24H24ClF4N4O3-. The van der Waals surface area contributed by atoms with Gasteiger partial charge in [0.05, 0.1) is 28.6 Å². The molecule has 0 bridgehead atoms. The van der Waals surface area contributed by atoms with E-state index in [0.717, 1.165) is 0 Å². The van der Waals surface area contributed by atoms with Crippen LogP contribution in [0.4, 0.5) is 17.6 Å². The Labute approximate surface area is 209 Å². The second kappa shape index (κ2) is 12.3. The maximum atomic E-state index is 15.3. The van der Waals surface area contributed by atoms with Gasteiger partial charge >= 0.3 is 6.18 Å². The van der Waals surface area contributed by atoms with E-state index < -0.39 is 24.2 Å². The van der Waals surface area contributed by atoms with Crippen LogP contribution >= 0.6 is 11.6 Å². The van der Waals surface area contributed by atoms with Crippen molar-refractivity contribution in [2.45, 2.75) is 26.6 Å². The molecule has 3 rings (SSSR count). The monoisotopic (exact) mass is 527 g/mol. The summed E-state index contributed by atoms with van der Waals surface area (Å²) in [7, 11) is 0. The Hall–Kier alpha value is -3.02. The molecule has 7 nitrogen and oxygen atoms in total. The summed E-state index contributed by atoms with van der Waals surface area (Å²) in [5, 5.41) is 4.40. The first-order valence-electron chi connectivity index (χ1n) is 11.0. The Morgan fingerprint density at radius 1 is 1.11 bits per heavy atom. The second-order valence-electron chi connectivity index (χ2n) is 8.21. The first kappa shape index (κ1) is 27.6. The largest absolute Gasteiger partial charge is 0.658 e. The molecule has 3 aromatic rings. The van der Waals surface area contributed by atoms with Gasteiger partial charge < -0.3 is 19.8 Å². The normalized spacial score (nSPS) is 11.8. The lowest BCUT2D eigenvalue weighted by atomic mass is 10.1. The first-order valence-corrected chi connectivity index (χ1v) is 11.4. The number of rotatable bonds is 11. The van der Waals surface area contributed by atoms with Crippen molar-refractivity contribution in [3.05, 3.63) is 68.5 Å². The average molecular weight is 528 g/mol. The molecule has 0 radical (unpaired) electrons. The summed E-state index contributed by atoms with van der Waals surface area (Å²) >= 11 is 6.26. The molecule has 194 valence electrons. The van der Waals surface area contributed by atoms with Crippen molar-refractivity contribution in [1.29, 1.82) is 0 Å². The molecule has 12 heteroatoms. The maximum Gasteiger partial charge on any atom is 0.411 e. The molecular weight excluding hydrogens is 504 g/mol. The highest BCUT2D eigenvalue weighted by Gasteiger charge is 2.27. The maximum absolute atomic E-state index is 15.3. The van der Waals surface area contributed by atoms with E-state index in [1.807, 2.05) is 13.8 Å². The van der Waals surface area contributed by atoms with E-state index in [4.69, 9.17) is 16.3 Å². The van der Waals surface area contributed by atoms with Crippen LogP contribution in [-0.2, 0) is 11.3 Å². The van der Waals surface area contributed by atoms with E-state index in [1.165, 1.54) is 24.3 Å². The summed E-state index contributed by atoms with van der Waals surface area (Å²) < 4.78 is 61.6. The molecule has 1 N–H and O–H groups in total. The van der Waals surface area contributed by atoms with Crippen molar-refractivity contribution in [1.82, 2.24) is 15.0 Å². The molecule has 0 unspecified atom stereocenters. The van der Waals surface area contributed by atoms with Crippen LogP contribution in [0.2, 0.25) is 5.02 Å². The molecule has 0 atom stereocenters. The Kier molecular flexibility index (Phi) is 9.41. The summed E-state index contributed by atoms with van der Waals surface area (Å²) in [6.45, 7) is 2.88. The molecule has 0 aliphatic carbocycles. The van der Waals surface area contributed by atoms with Gasteiger partial charge in [-0.1, -0.05) is 43.5 Å². The van der Waals surface area contributed by atoms with E-state index in [1.54, 1.807) is 12.1 Å². The van der Waals surface area contributed by atoms with Crippen LogP contribution in [-0.4, -0.2) is 47.5 Å². The summed E-state index contributed by atoms with van der Waals surface area (Å²) in [5.74, 6) is -0.308. The van der Waals surface area contributed by atoms with Gasteiger partial charge in [0.15, 0.2) is 0 Å². The van der Waals surface area contributed by atoms with Crippen molar-refractivity contribution < 1.29 is 27.0 Å². The van der Waals surface area contributed by atoms with E-state index in [9.17, 15) is 18.0 Å². The number of pyridine rings is 1. The number of alkyl halides is 3. The number of nitrogens with zero attached hydrogens (tertiary/aromatic N) is 3. The summed E-state index contributed by atoms with van der Waals surface area (Å²) in [4.78, 5) is 23.5. The summed E-state index contributed by atoms with van der Waals surface area (Å²) in [6.07, 6.45) is -4.42. The van der Waals surface area contributed by atoms with Gasteiger partial charge in [0.1, 0.15) is 24.9 Å². The highest BCUT2D eigenvalue weighted by atomic mass is 35.5. The van der Waals surface area contributed by atoms with Gasteiger partial charge in [-0.25, -0.2) is 14.4 Å². The molecule has 0 saturated heterocycles. The Bertz CT molecular complexity index is 1230. The van der Waals surface area contributed by atoms with Gasteiger partial charge in [0.2, 0.25) is 5.88 Å². The average Bonchev–Trinajstić information content (AvgIpc) is 2.79. The Balaban J connectivity index is 1.82. The number of nitrogens with one attached hydrogen (secondary N) is 1. The highest BCUT2D eigenvalue weighted by Crippen LogP contribution is 2.31. The molecule has 0 saturated carbocycles. The molecule has 0 aliphatic heterocycles. The minimum Gasteiger partial charge on any atom is -0.658 e. The van der Waals surface area contributed by atoms with Crippen LogP contribution in [0.5, 0.6) is 5.88 Å². The Morgan fingerprint density at radius 2 is 1.89 bits per heavy atom. The smallest absolute Gasteiger partial charge is 0.411 e. The van der Waals surface area contributed by atoms with Crippen LogP contribution in [0.3, 0.4) is 0 Å². The van der Waals surface area contributed by atoms with Gasteiger partial charge in [0, 0.05) is 12.1 Å². The van der Waals surface area contributed by atoms with Crippen LogP contribution in [0.15, 0.2) is 41.2 Å². The van der Waals surface area contributed by atoms with E-state index in [2.05, 4.69) is 25.0 Å². The zero-order valence-corrected chi connectivity index (χ0v) is 20.3. The molecule has 1 aromatic carbocycles. The second-order valence-corrected chi connectivity index (χ2v) is 8.62. The third kappa shape index (κ3) is 8.00. The van der Waals surface area contributed by atoms with Gasteiger partial charge in [-0.05, 0) is 17.7 Å². The molecule has 2 heterocycles. The van der Waals surface area contributed by atoms with Crippen LogP contribution in [0, 0.1) is 11.7 Å². The number of halogens is 5. The number of benzene rings is 1. The van der Waals surface area contributed by atoms with Crippen molar-refractivity contribution >= 4 is 11.6 Å². The molecule has 2 aromatic heterocycles. The van der Waals surface area contributed by atoms with Crippen molar-refractivity contribution in [2.24, 2.45) is 5.92 Å². The van der Waals surface area contributed by atoms with Crippen molar-refractivity contribution in [3.8, 4) is 28.7 Å². The van der Waals surface area contributed by atoms with Gasteiger partial charge in [0.25, 0.3) is 5.56 Å². The summed E-state index contributed by atoms with van der Waals surface area (Å²) in [5.41, 5.74) is 0.0362. The van der Waals surface area contributed by atoms with E-state index in [0.29, 0.717) is 18.0 Å². The number of hydrogen-bond donors (Lipinski definition) is 1. The Morgan fingerprint density at radius 3 is 2.61 bits per heavy atom. The lowest BCUT2D eigenvalue weighted by Crippen LogP contribution is -2.19. The fraction of sp³-hybridized carbons (Fsp3) is 0.375. The number of hydrogen-bond acceptors (Lipinski definition) is 5. The first-order chi connectivity index (χ1) is 17.0. The fourth-order valence-corrected chi connectivity index (χ4v) is 3.35. The van der Waals surface area contributed by atoms with Gasteiger partial charge in [-0.15, -0.1) is 13.1 Å². The third-order valence-electron chi connectivity index (χ3n) is 4.66. The molecule has 0 aliphatic rings. The van der Waals surface area contributed by atoms with Gasteiger partial charge in [-0.2, -0.15) is 13.2 Å². The molecule has 0 fully saturated rings. The zero-order chi connectivity index (χ0) is 26.3. The SMILES string of the molecule is CC(C)C[N-]Cc1ccc(Cl)c(-c2nc(-c3cccc(OCCOCC(F)(F)F)n3)cc(=O)[nH]2)c1F. The number of ether oxygens (including phenoxy) is 2. The minimum absolute atomic E-state index is 0.0595. The number of aromatic nitrogens is 3. The molecule has 0 amide bonds. The van der Waals surface area contributed by atoms with Crippen molar-refractivity contribution in [2.75, 3.05) is 26.4 Å². The summed E-state index contributed by atoms with van der Waals surface area (Å²) in [6, 6.07) is 8.84. The standard InChI is InChI=1S/C24H24ClF4N4O3/c1-14(2)11-30-12-15-6-7-16(25)21(22(15)26)23-32-18(10-19(34)33-23)17-4-3-5-20(31-17)36-9-8-35-13-24(27,28)29/h3-7,10,14H,8-9,11-13H2,1-2H3,(H,32,33,34)/q-1. The van der Waals surface area contributed by atoms with Gasteiger partial charge in [-0.3, -0.25) is 4.79 Å². The topological polar surface area (TPSA) is 91.2 Å². The minimum atomic E-state index is -4.42. The van der Waals surface area contributed by atoms with Crippen LogP contribution in [0.1, 0.15) is 19.4 Å². The van der Waals surface area contributed by atoms with E-state index >= 15 is 4.39 Å². The van der Waals surface area contributed by atoms with E-state index in [-0.39, 0.29) is 53.4 Å². The number of H-pyrrole nitrogens is 1. The lowest BCUT2D eigenvalue weighted by molar-refractivity contribution is -0.175.